The van der Waals surface area contributed by atoms with Gasteiger partial charge >= 0.3 is 6.18 Å². The number of piperidine rings is 1. The number of halogens is 3. The monoisotopic (exact) mass is 455 g/mol. The van der Waals surface area contributed by atoms with E-state index < -0.39 is 11.9 Å². The van der Waals surface area contributed by atoms with Gasteiger partial charge < -0.3 is 10.0 Å². The predicted molar refractivity (Wildman–Crippen MR) is 114 cm³/mol. The van der Waals surface area contributed by atoms with Gasteiger partial charge in [0.25, 0.3) is 5.56 Å². The van der Waals surface area contributed by atoms with E-state index in [1.165, 1.54) is 10.6 Å². The first-order valence-corrected chi connectivity index (χ1v) is 10.5. The van der Waals surface area contributed by atoms with E-state index in [4.69, 9.17) is 0 Å². The zero-order valence-electron chi connectivity index (χ0n) is 17.7. The van der Waals surface area contributed by atoms with E-state index in [1.807, 2.05) is 6.08 Å². The van der Waals surface area contributed by atoms with Crippen molar-refractivity contribution in [3.63, 3.8) is 0 Å². The lowest BCUT2D eigenvalue weighted by atomic mass is 9.97. The van der Waals surface area contributed by atoms with Gasteiger partial charge in [-0.05, 0) is 42.7 Å². The Bertz CT molecular complexity index is 1510. The van der Waals surface area contributed by atoms with Crippen LogP contribution in [0.4, 0.5) is 13.2 Å². The lowest BCUT2D eigenvalue weighted by Gasteiger charge is -2.32. The van der Waals surface area contributed by atoms with Crippen molar-refractivity contribution in [3.05, 3.63) is 62.4 Å². The number of likely N-dealkylation sites (tertiary alicyclic amines) is 1. The number of aromatic nitrogens is 4. The largest absolute Gasteiger partial charge is 0.433 e. The number of rotatable bonds is 3. The van der Waals surface area contributed by atoms with Gasteiger partial charge in [0.1, 0.15) is 16.6 Å². The third-order valence-corrected chi connectivity index (χ3v) is 6.19. The quantitative estimate of drug-likeness (QED) is 0.598. The highest BCUT2D eigenvalue weighted by atomic mass is 19.4. The molecule has 7 nitrogen and oxygen atoms in total. The van der Waals surface area contributed by atoms with Crippen molar-refractivity contribution in [1.29, 1.82) is 0 Å². The first-order chi connectivity index (χ1) is 15.8. The number of hydrogen-bond donors (Lipinski definition) is 1. The molecule has 1 fully saturated rings. The normalized spacial score (nSPS) is 16.4. The molecule has 170 valence electrons. The Morgan fingerprint density at radius 3 is 2.67 bits per heavy atom. The van der Waals surface area contributed by atoms with Crippen LogP contribution >= 0.6 is 0 Å². The molecule has 0 bridgehead atoms. The predicted octanol–water partition coefficient (Wildman–Crippen LogP) is 1.03. The van der Waals surface area contributed by atoms with Crippen molar-refractivity contribution in [2.75, 3.05) is 19.7 Å². The first kappa shape index (κ1) is 21.3. The molecule has 0 radical (unpaired) electrons. The second-order valence-electron chi connectivity index (χ2n) is 8.24. The number of hydrogen-bond acceptors (Lipinski definition) is 5. The molecule has 0 saturated carbocycles. The molecular weight excluding hydrogens is 435 g/mol. The maximum Gasteiger partial charge on any atom is 0.433 e. The van der Waals surface area contributed by atoms with Crippen LogP contribution in [0.25, 0.3) is 28.7 Å². The van der Waals surface area contributed by atoms with Gasteiger partial charge in [0.05, 0.1) is 16.7 Å². The molecule has 1 saturated heterocycles. The van der Waals surface area contributed by atoms with Gasteiger partial charge in [-0.2, -0.15) is 18.3 Å². The molecule has 2 aliphatic rings. The minimum absolute atomic E-state index is 0.166. The maximum absolute atomic E-state index is 13.1. The zero-order chi connectivity index (χ0) is 23.3. The summed E-state index contributed by atoms with van der Waals surface area (Å²) in [5.41, 5.74) is 6.45. The summed E-state index contributed by atoms with van der Waals surface area (Å²) in [6.07, 6.45) is 0.0334. The molecule has 33 heavy (non-hydrogen) atoms. The van der Waals surface area contributed by atoms with Gasteiger partial charge in [0.15, 0.2) is 0 Å². The molecule has 0 unspecified atom stereocenters. The molecule has 1 aliphatic carbocycles. The lowest BCUT2D eigenvalue weighted by Crippen LogP contribution is -2.48. The summed E-state index contributed by atoms with van der Waals surface area (Å²) in [7, 11) is 1.58. The zero-order valence-corrected chi connectivity index (χ0v) is 17.7. The molecule has 0 spiro atoms. The maximum atomic E-state index is 13.1. The van der Waals surface area contributed by atoms with Crippen LogP contribution in [0.2, 0.25) is 0 Å². The Hall–Kier alpha value is -3.58. The summed E-state index contributed by atoms with van der Waals surface area (Å²) in [6, 6.07) is 3.98. The topological polar surface area (TPSA) is 75.7 Å². The van der Waals surface area contributed by atoms with Crippen molar-refractivity contribution in [2.45, 2.75) is 19.0 Å². The van der Waals surface area contributed by atoms with E-state index in [-0.39, 0.29) is 23.6 Å². The van der Waals surface area contributed by atoms with Crippen molar-refractivity contribution >= 4 is 17.5 Å². The highest BCUT2D eigenvalue weighted by molar-refractivity contribution is 5.65. The smallest absolute Gasteiger partial charge is 0.396 e. The number of pyridine rings is 1. The van der Waals surface area contributed by atoms with Crippen molar-refractivity contribution in [3.8, 4) is 11.3 Å². The third kappa shape index (κ3) is 3.68. The number of aryl methyl sites for hydroxylation is 1. The van der Waals surface area contributed by atoms with Crippen LogP contribution in [0.3, 0.4) is 0 Å². The Balaban J connectivity index is 1.65. The molecule has 0 aromatic carbocycles. The first-order valence-electron chi connectivity index (χ1n) is 10.5. The highest BCUT2D eigenvalue weighted by Gasteiger charge is 2.32. The highest BCUT2D eigenvalue weighted by Crippen LogP contribution is 2.30. The van der Waals surface area contributed by atoms with Crippen LogP contribution < -0.4 is 16.1 Å². The summed E-state index contributed by atoms with van der Waals surface area (Å²) in [5.74, 6) is 0.278. The molecule has 3 aromatic rings. The van der Waals surface area contributed by atoms with Crippen LogP contribution in [-0.4, -0.2) is 48.9 Å². The minimum Gasteiger partial charge on any atom is -0.396 e. The Morgan fingerprint density at radius 1 is 1.21 bits per heavy atom. The Morgan fingerprint density at radius 2 is 1.97 bits per heavy atom. The van der Waals surface area contributed by atoms with Crippen molar-refractivity contribution < 1.29 is 18.3 Å². The lowest BCUT2D eigenvalue weighted by molar-refractivity contribution is -0.141. The average Bonchev–Trinajstić information content (AvgIpc) is 3.28. The number of fused-ring (bicyclic) bond motifs is 3. The summed E-state index contributed by atoms with van der Waals surface area (Å²) in [6.45, 7) is 1.66. The Kier molecular flexibility index (Phi) is 5.01. The number of alkyl halides is 3. The number of aliphatic hydroxyl groups is 1. The number of aliphatic hydroxyl groups excluding tert-OH is 1. The fourth-order valence-corrected chi connectivity index (χ4v) is 4.23. The van der Waals surface area contributed by atoms with Crippen LogP contribution in [0.5, 0.6) is 0 Å². The van der Waals surface area contributed by atoms with Gasteiger partial charge in [-0.25, -0.2) is 4.52 Å². The summed E-state index contributed by atoms with van der Waals surface area (Å²) in [4.78, 5) is 18.4. The molecule has 3 aromatic heterocycles. The molecule has 0 atom stereocenters. The summed E-state index contributed by atoms with van der Waals surface area (Å²) >= 11 is 0. The Labute approximate surface area is 185 Å². The van der Waals surface area contributed by atoms with E-state index in [9.17, 15) is 23.1 Å². The van der Waals surface area contributed by atoms with Gasteiger partial charge in [0.2, 0.25) is 0 Å². The molecule has 1 N–H and O–H groups in total. The minimum atomic E-state index is -4.57. The van der Waals surface area contributed by atoms with E-state index in [0.29, 0.717) is 21.9 Å². The van der Waals surface area contributed by atoms with E-state index >= 15 is 0 Å². The standard InChI is InChI=1S/C23H20F3N5O2/c1-29-21-12-18(15-4-7-27-20(10-15)23(24,25)26)28-31(21)19-11-16(2-3-17(19)22(29)33)30-8-5-14(13-32)6-9-30/h4,7,10-12,14,32H,5-6,8-9,13H2,1H3. The van der Waals surface area contributed by atoms with Crippen molar-refractivity contribution in [1.82, 2.24) is 24.1 Å². The fourth-order valence-electron chi connectivity index (χ4n) is 4.23. The molecular formula is C23H20F3N5O2. The molecule has 10 heteroatoms. The molecule has 5 rings (SSSR count). The van der Waals surface area contributed by atoms with Crippen LogP contribution in [0.15, 0.2) is 40.6 Å². The fraction of sp³-hybridized carbons (Fsp3) is 0.348. The SMILES string of the molecule is Cn1c(=O)c2c(n3nc(-c4ccnc(C(F)(F)F)c4)cc13)=CC(N1CCC(CO)CC1)=C=C=2. The van der Waals surface area contributed by atoms with Gasteiger partial charge in [-0.3, -0.25) is 14.3 Å². The van der Waals surface area contributed by atoms with Crippen molar-refractivity contribution in [2.24, 2.45) is 13.0 Å². The van der Waals surface area contributed by atoms with Gasteiger partial charge in [-0.15, -0.1) is 0 Å². The van der Waals surface area contributed by atoms with Gasteiger partial charge in [-0.1, -0.05) is 5.73 Å². The van der Waals surface area contributed by atoms with Crippen LogP contribution in [0, 0.1) is 5.92 Å². The molecule has 0 amide bonds. The summed E-state index contributed by atoms with van der Waals surface area (Å²) < 4.78 is 42.3. The second-order valence-corrected chi connectivity index (χ2v) is 8.24. The van der Waals surface area contributed by atoms with E-state index in [0.717, 1.165) is 43.9 Å². The number of allylic oxidation sites excluding steroid dienone is 1. The van der Waals surface area contributed by atoms with E-state index in [2.05, 4.69) is 26.4 Å². The third-order valence-electron chi connectivity index (χ3n) is 6.19. The molecule has 4 heterocycles. The van der Waals surface area contributed by atoms with Crippen LogP contribution in [0.1, 0.15) is 18.5 Å². The average molecular weight is 455 g/mol. The van der Waals surface area contributed by atoms with Crippen LogP contribution in [-0.2, 0) is 13.2 Å². The number of nitrogens with zero attached hydrogens (tertiary/aromatic N) is 5. The van der Waals surface area contributed by atoms with Gasteiger partial charge in [0, 0.05) is 44.6 Å². The summed E-state index contributed by atoms with van der Waals surface area (Å²) in [5, 5.41) is 14.7. The van der Waals surface area contributed by atoms with E-state index in [1.54, 1.807) is 17.6 Å². The second kappa shape index (κ2) is 7.78. The molecule has 1 aliphatic heterocycles.